The minimum absolute atomic E-state index is 0.286. The van der Waals surface area contributed by atoms with Gasteiger partial charge in [0.15, 0.2) is 0 Å². The maximum absolute atomic E-state index is 12.8. The second kappa shape index (κ2) is 5.36. The number of benzene rings is 2. The van der Waals surface area contributed by atoms with Crippen molar-refractivity contribution < 1.29 is 13.2 Å². The van der Waals surface area contributed by atoms with Crippen LogP contribution in [0, 0.1) is 6.92 Å². The maximum Gasteiger partial charge on any atom is 0.418 e. The van der Waals surface area contributed by atoms with E-state index in [0.29, 0.717) is 11.4 Å². The first-order chi connectivity index (χ1) is 9.27. The van der Waals surface area contributed by atoms with Gasteiger partial charge in [0.05, 0.1) is 11.3 Å². The molecule has 2 aromatic carbocycles. The standard InChI is InChI=1S/C14H12BrF3N2/c1-8-2-5-13(11(15)6-8)20-9-3-4-12(19)10(7-9)14(16,17)18/h2-7,20H,19H2,1H3. The highest BCUT2D eigenvalue weighted by atomic mass is 79.9. The fraction of sp³-hybridized carbons (Fsp3) is 0.143. The van der Waals surface area contributed by atoms with Gasteiger partial charge in [-0.2, -0.15) is 13.2 Å². The van der Waals surface area contributed by atoms with E-state index in [1.807, 2.05) is 19.1 Å². The van der Waals surface area contributed by atoms with Gasteiger partial charge in [-0.25, -0.2) is 0 Å². The van der Waals surface area contributed by atoms with Crippen molar-refractivity contribution in [1.82, 2.24) is 0 Å². The van der Waals surface area contributed by atoms with Gasteiger partial charge in [-0.3, -0.25) is 0 Å². The van der Waals surface area contributed by atoms with Crippen LogP contribution in [-0.4, -0.2) is 0 Å². The second-order valence-corrected chi connectivity index (χ2v) is 5.26. The number of hydrogen-bond donors (Lipinski definition) is 2. The van der Waals surface area contributed by atoms with E-state index in [1.165, 1.54) is 12.1 Å². The molecule has 0 atom stereocenters. The normalized spacial score (nSPS) is 11.4. The number of alkyl halides is 3. The zero-order valence-corrected chi connectivity index (χ0v) is 12.1. The molecule has 0 bridgehead atoms. The molecule has 0 amide bonds. The Morgan fingerprint density at radius 2 is 1.80 bits per heavy atom. The van der Waals surface area contributed by atoms with Gasteiger partial charge in [-0.15, -0.1) is 0 Å². The molecule has 2 aromatic rings. The van der Waals surface area contributed by atoms with Crippen LogP contribution in [0.5, 0.6) is 0 Å². The van der Waals surface area contributed by atoms with Crippen molar-refractivity contribution in [2.24, 2.45) is 0 Å². The summed E-state index contributed by atoms with van der Waals surface area (Å²) in [5, 5.41) is 2.94. The van der Waals surface area contributed by atoms with E-state index >= 15 is 0 Å². The van der Waals surface area contributed by atoms with Gasteiger partial charge in [0.1, 0.15) is 0 Å². The van der Waals surface area contributed by atoms with Crippen LogP contribution in [-0.2, 0) is 6.18 Å². The molecule has 0 aliphatic rings. The average Bonchev–Trinajstić information content (AvgIpc) is 2.33. The molecular weight excluding hydrogens is 333 g/mol. The summed E-state index contributed by atoms with van der Waals surface area (Å²) < 4.78 is 39.1. The molecule has 0 spiro atoms. The quantitative estimate of drug-likeness (QED) is 0.743. The summed E-state index contributed by atoms with van der Waals surface area (Å²) in [6.45, 7) is 1.93. The van der Waals surface area contributed by atoms with Crippen LogP contribution >= 0.6 is 15.9 Å². The zero-order valence-electron chi connectivity index (χ0n) is 10.6. The molecule has 0 radical (unpaired) electrons. The van der Waals surface area contributed by atoms with Crippen LogP contribution in [0.1, 0.15) is 11.1 Å². The summed E-state index contributed by atoms with van der Waals surface area (Å²) in [6, 6.07) is 9.30. The summed E-state index contributed by atoms with van der Waals surface area (Å²) in [7, 11) is 0. The van der Waals surface area contributed by atoms with E-state index in [0.717, 1.165) is 16.1 Å². The van der Waals surface area contributed by atoms with E-state index in [2.05, 4.69) is 21.2 Å². The molecule has 0 saturated carbocycles. The number of halogens is 4. The molecule has 106 valence electrons. The lowest BCUT2D eigenvalue weighted by atomic mass is 10.1. The van der Waals surface area contributed by atoms with Gasteiger partial charge in [0, 0.05) is 15.8 Å². The fourth-order valence-corrected chi connectivity index (χ4v) is 2.35. The lowest BCUT2D eigenvalue weighted by Crippen LogP contribution is -2.09. The Morgan fingerprint density at radius 3 is 2.40 bits per heavy atom. The summed E-state index contributed by atoms with van der Waals surface area (Å²) >= 11 is 3.37. The smallest absolute Gasteiger partial charge is 0.398 e. The van der Waals surface area contributed by atoms with Crippen LogP contribution in [0.15, 0.2) is 40.9 Å². The number of rotatable bonds is 2. The van der Waals surface area contributed by atoms with E-state index < -0.39 is 11.7 Å². The summed E-state index contributed by atoms with van der Waals surface area (Å²) in [5.74, 6) is 0. The van der Waals surface area contributed by atoms with Gasteiger partial charge in [0.2, 0.25) is 0 Å². The van der Waals surface area contributed by atoms with Crippen molar-refractivity contribution in [3.8, 4) is 0 Å². The summed E-state index contributed by atoms with van der Waals surface area (Å²) in [5.41, 5.74) is 6.30. The van der Waals surface area contributed by atoms with Gasteiger partial charge in [0.25, 0.3) is 0 Å². The lowest BCUT2D eigenvalue weighted by Gasteiger charge is -2.14. The van der Waals surface area contributed by atoms with E-state index in [4.69, 9.17) is 5.73 Å². The molecule has 0 unspecified atom stereocenters. The third kappa shape index (κ3) is 3.25. The predicted molar refractivity (Wildman–Crippen MR) is 78.0 cm³/mol. The third-order valence-electron chi connectivity index (χ3n) is 2.76. The predicted octanol–water partition coefficient (Wildman–Crippen LogP) is 5.10. The number of nitrogen functional groups attached to an aromatic ring is 1. The van der Waals surface area contributed by atoms with Gasteiger partial charge in [-0.1, -0.05) is 6.07 Å². The molecule has 2 nitrogen and oxygen atoms in total. The molecule has 6 heteroatoms. The van der Waals surface area contributed by atoms with Crippen LogP contribution < -0.4 is 11.1 Å². The van der Waals surface area contributed by atoms with Crippen molar-refractivity contribution >= 4 is 33.0 Å². The molecule has 0 aliphatic carbocycles. The van der Waals surface area contributed by atoms with Gasteiger partial charge < -0.3 is 11.1 Å². The number of aryl methyl sites for hydroxylation is 1. The highest BCUT2D eigenvalue weighted by molar-refractivity contribution is 9.10. The first-order valence-electron chi connectivity index (χ1n) is 5.77. The Bertz CT molecular complexity index is 639. The van der Waals surface area contributed by atoms with E-state index in [9.17, 15) is 13.2 Å². The van der Waals surface area contributed by atoms with Crippen molar-refractivity contribution in [3.05, 3.63) is 52.0 Å². The number of nitrogens with two attached hydrogens (primary N) is 1. The van der Waals surface area contributed by atoms with Gasteiger partial charge in [-0.05, 0) is 58.7 Å². The first kappa shape index (κ1) is 14.7. The van der Waals surface area contributed by atoms with E-state index in [1.54, 1.807) is 6.07 Å². The topological polar surface area (TPSA) is 38.0 Å². The van der Waals surface area contributed by atoms with Crippen molar-refractivity contribution in [3.63, 3.8) is 0 Å². The van der Waals surface area contributed by atoms with Crippen LogP contribution in [0.2, 0.25) is 0 Å². The van der Waals surface area contributed by atoms with Crippen LogP contribution in [0.25, 0.3) is 0 Å². The number of anilines is 3. The number of hydrogen-bond acceptors (Lipinski definition) is 2. The van der Waals surface area contributed by atoms with Crippen molar-refractivity contribution in [1.29, 1.82) is 0 Å². The highest BCUT2D eigenvalue weighted by Gasteiger charge is 2.33. The minimum Gasteiger partial charge on any atom is -0.398 e. The minimum atomic E-state index is -4.47. The largest absolute Gasteiger partial charge is 0.418 e. The Hall–Kier alpha value is -1.69. The summed E-state index contributed by atoms with van der Waals surface area (Å²) in [4.78, 5) is 0. The summed E-state index contributed by atoms with van der Waals surface area (Å²) in [6.07, 6.45) is -4.47. The monoisotopic (exact) mass is 344 g/mol. The Labute approximate surface area is 122 Å². The van der Waals surface area contributed by atoms with Crippen LogP contribution in [0.3, 0.4) is 0 Å². The molecule has 2 rings (SSSR count). The highest BCUT2D eigenvalue weighted by Crippen LogP contribution is 2.36. The molecular formula is C14H12BrF3N2. The zero-order chi connectivity index (χ0) is 14.9. The molecule has 0 heterocycles. The third-order valence-corrected chi connectivity index (χ3v) is 3.42. The maximum atomic E-state index is 12.8. The van der Waals surface area contributed by atoms with Crippen LogP contribution in [0.4, 0.5) is 30.2 Å². The Balaban J connectivity index is 2.35. The second-order valence-electron chi connectivity index (χ2n) is 4.41. The average molecular weight is 345 g/mol. The lowest BCUT2D eigenvalue weighted by molar-refractivity contribution is -0.136. The molecule has 20 heavy (non-hydrogen) atoms. The van der Waals surface area contributed by atoms with Crippen molar-refractivity contribution in [2.45, 2.75) is 13.1 Å². The van der Waals surface area contributed by atoms with Crippen molar-refractivity contribution in [2.75, 3.05) is 11.1 Å². The van der Waals surface area contributed by atoms with E-state index in [-0.39, 0.29) is 5.69 Å². The van der Waals surface area contributed by atoms with Gasteiger partial charge >= 0.3 is 6.18 Å². The fourth-order valence-electron chi connectivity index (χ4n) is 1.76. The molecule has 0 saturated heterocycles. The first-order valence-corrected chi connectivity index (χ1v) is 6.56. The molecule has 3 N–H and O–H groups in total. The Kier molecular flexibility index (Phi) is 3.94. The SMILES string of the molecule is Cc1ccc(Nc2ccc(N)c(C(F)(F)F)c2)c(Br)c1. The molecule has 0 aromatic heterocycles. The Morgan fingerprint density at radius 1 is 1.10 bits per heavy atom. The molecule has 0 aliphatic heterocycles. The molecule has 0 fully saturated rings. The number of nitrogens with one attached hydrogen (secondary N) is 1.